The van der Waals surface area contributed by atoms with E-state index in [2.05, 4.69) is 25.2 Å². The topological polar surface area (TPSA) is 46.2 Å². The van der Waals surface area contributed by atoms with Crippen molar-refractivity contribution in [2.24, 2.45) is 5.73 Å². The summed E-state index contributed by atoms with van der Waals surface area (Å²) in [6.07, 6.45) is 17.7. The van der Waals surface area contributed by atoms with E-state index in [1.807, 2.05) is 13.0 Å². The van der Waals surface area contributed by atoms with Crippen LogP contribution in [-0.2, 0) is 0 Å². The van der Waals surface area contributed by atoms with E-state index in [1.54, 1.807) is 0 Å². The molecule has 0 spiro atoms. The molecule has 3 N–H and O–H groups in total. The van der Waals surface area contributed by atoms with Crippen LogP contribution in [0.5, 0.6) is 0 Å². The van der Waals surface area contributed by atoms with Gasteiger partial charge in [0.15, 0.2) is 0 Å². The number of nitrogens with two attached hydrogens (primary N) is 1. The second-order valence-electron chi connectivity index (χ2n) is 5.03. The van der Waals surface area contributed by atoms with Crippen LogP contribution in [0.3, 0.4) is 0 Å². The van der Waals surface area contributed by atoms with Crippen molar-refractivity contribution in [2.75, 3.05) is 0 Å². The minimum absolute atomic E-state index is 0.141. The predicted octanol–water partition coefficient (Wildman–Crippen LogP) is 3.95. The molecule has 0 amide bonds. The number of aliphatic hydroxyl groups is 1. The molecule has 0 aromatic carbocycles. The molecule has 2 atom stereocenters. The maximum Gasteiger partial charge on any atom is 0.0722 e. The average molecular weight is 253 g/mol. The minimum Gasteiger partial charge on any atom is -0.391 e. The van der Waals surface area contributed by atoms with Crippen molar-refractivity contribution in [3.05, 3.63) is 24.3 Å². The highest BCUT2D eigenvalue weighted by atomic mass is 16.3. The molecule has 0 saturated heterocycles. The summed E-state index contributed by atoms with van der Waals surface area (Å²) in [5.41, 5.74) is 5.57. The molecular weight excluding hydrogens is 222 g/mol. The largest absolute Gasteiger partial charge is 0.391 e. The molecule has 106 valence electrons. The average Bonchev–Trinajstić information content (AvgIpc) is 2.35. The molecule has 0 heterocycles. The van der Waals surface area contributed by atoms with Gasteiger partial charge in [0, 0.05) is 6.04 Å². The van der Waals surface area contributed by atoms with Gasteiger partial charge in [0.1, 0.15) is 0 Å². The number of allylic oxidation sites excluding steroid dienone is 3. The molecule has 0 aliphatic carbocycles. The first-order valence-corrected chi connectivity index (χ1v) is 7.42. The van der Waals surface area contributed by atoms with Crippen molar-refractivity contribution in [3.63, 3.8) is 0 Å². The zero-order valence-corrected chi connectivity index (χ0v) is 12.1. The van der Waals surface area contributed by atoms with Gasteiger partial charge in [-0.15, -0.1) is 0 Å². The summed E-state index contributed by atoms with van der Waals surface area (Å²) in [5, 5.41) is 9.48. The molecule has 0 bridgehead atoms. The third kappa shape index (κ3) is 11.9. The predicted molar refractivity (Wildman–Crippen MR) is 80.5 cm³/mol. The molecule has 0 aromatic rings. The molecule has 0 fully saturated rings. The van der Waals surface area contributed by atoms with E-state index in [1.165, 1.54) is 32.1 Å². The van der Waals surface area contributed by atoms with E-state index < -0.39 is 6.10 Å². The maximum atomic E-state index is 9.48. The monoisotopic (exact) mass is 253 g/mol. The third-order valence-electron chi connectivity index (χ3n) is 3.04. The summed E-state index contributed by atoms with van der Waals surface area (Å²) >= 11 is 0. The number of aliphatic hydroxyl groups excluding tert-OH is 1. The van der Waals surface area contributed by atoms with Crippen LogP contribution in [0.15, 0.2) is 24.3 Å². The fraction of sp³-hybridized carbons (Fsp3) is 0.750. The molecule has 0 radical (unpaired) electrons. The molecule has 0 rings (SSSR count). The second-order valence-corrected chi connectivity index (χ2v) is 5.03. The molecule has 2 nitrogen and oxygen atoms in total. The van der Waals surface area contributed by atoms with Crippen molar-refractivity contribution in [2.45, 2.75) is 77.4 Å². The van der Waals surface area contributed by atoms with Crippen LogP contribution in [0.25, 0.3) is 0 Å². The molecule has 0 aliphatic rings. The van der Waals surface area contributed by atoms with Gasteiger partial charge in [-0.2, -0.15) is 0 Å². The van der Waals surface area contributed by atoms with Crippen LogP contribution < -0.4 is 5.73 Å². The Balaban J connectivity index is 3.33. The molecule has 2 heteroatoms. The molecule has 0 unspecified atom stereocenters. The summed E-state index contributed by atoms with van der Waals surface area (Å²) in [7, 11) is 0. The van der Waals surface area contributed by atoms with Crippen LogP contribution in [0.1, 0.15) is 65.2 Å². The first-order valence-electron chi connectivity index (χ1n) is 7.42. The molecule has 0 aromatic heterocycles. The highest BCUT2D eigenvalue weighted by molar-refractivity contribution is 4.90. The Hall–Kier alpha value is -0.600. The number of unbranched alkanes of at least 4 members (excludes halogenated alkanes) is 5. The molecule has 0 aliphatic heterocycles. The Labute approximate surface area is 113 Å². The van der Waals surface area contributed by atoms with Gasteiger partial charge in [0.25, 0.3) is 0 Å². The standard InChI is InChI=1S/C16H31NO/c1-3-4-5-6-7-8-9-10-11-12-13-14-16(18)15(2)17/h8-9,12-13,15-16,18H,3-7,10-11,14,17H2,1-2H3/b9-8-,13-12+/t15-,16-/m0/s1. The number of hydrogen-bond donors (Lipinski definition) is 2. The van der Waals surface area contributed by atoms with E-state index >= 15 is 0 Å². The fourth-order valence-electron chi connectivity index (χ4n) is 1.69. The van der Waals surface area contributed by atoms with Crippen molar-refractivity contribution in [1.29, 1.82) is 0 Å². The summed E-state index contributed by atoms with van der Waals surface area (Å²) in [4.78, 5) is 0. The second kappa shape index (κ2) is 12.8. The normalized spacial score (nSPS) is 15.6. The van der Waals surface area contributed by atoms with Crippen LogP contribution >= 0.6 is 0 Å². The maximum absolute atomic E-state index is 9.48. The van der Waals surface area contributed by atoms with Gasteiger partial charge in [-0.3, -0.25) is 0 Å². The Morgan fingerprint density at radius 1 is 0.944 bits per heavy atom. The van der Waals surface area contributed by atoms with Crippen LogP contribution in [0.4, 0.5) is 0 Å². The summed E-state index contributed by atoms with van der Waals surface area (Å²) in [6, 6.07) is -0.141. The lowest BCUT2D eigenvalue weighted by atomic mass is 10.1. The van der Waals surface area contributed by atoms with E-state index in [0.29, 0.717) is 6.42 Å². The van der Waals surface area contributed by atoms with Crippen LogP contribution in [-0.4, -0.2) is 17.3 Å². The van der Waals surface area contributed by atoms with Gasteiger partial charge in [-0.25, -0.2) is 0 Å². The van der Waals surface area contributed by atoms with Crippen molar-refractivity contribution < 1.29 is 5.11 Å². The van der Waals surface area contributed by atoms with Gasteiger partial charge in [0.2, 0.25) is 0 Å². The van der Waals surface area contributed by atoms with E-state index in [-0.39, 0.29) is 6.04 Å². The van der Waals surface area contributed by atoms with Crippen LogP contribution in [0, 0.1) is 0 Å². The first kappa shape index (κ1) is 17.4. The Morgan fingerprint density at radius 2 is 1.56 bits per heavy atom. The Kier molecular flexibility index (Phi) is 12.4. The summed E-state index contributed by atoms with van der Waals surface area (Å²) in [5.74, 6) is 0. The highest BCUT2D eigenvalue weighted by Gasteiger charge is 2.05. The molecule has 0 saturated carbocycles. The molecule has 18 heavy (non-hydrogen) atoms. The minimum atomic E-state index is -0.407. The molecular formula is C16H31NO. The lowest BCUT2D eigenvalue weighted by Crippen LogP contribution is -2.30. The first-order chi connectivity index (χ1) is 8.68. The van der Waals surface area contributed by atoms with E-state index in [0.717, 1.165) is 12.8 Å². The van der Waals surface area contributed by atoms with Gasteiger partial charge in [0.05, 0.1) is 6.10 Å². The zero-order valence-electron chi connectivity index (χ0n) is 12.1. The van der Waals surface area contributed by atoms with Gasteiger partial charge < -0.3 is 10.8 Å². The van der Waals surface area contributed by atoms with Gasteiger partial charge in [-0.1, -0.05) is 50.5 Å². The Bertz CT molecular complexity index is 221. The highest BCUT2D eigenvalue weighted by Crippen LogP contribution is 2.04. The summed E-state index contributed by atoms with van der Waals surface area (Å²) in [6.45, 7) is 4.07. The van der Waals surface area contributed by atoms with Gasteiger partial charge >= 0.3 is 0 Å². The Morgan fingerprint density at radius 3 is 2.17 bits per heavy atom. The number of rotatable bonds is 11. The third-order valence-corrected chi connectivity index (χ3v) is 3.04. The summed E-state index contributed by atoms with van der Waals surface area (Å²) < 4.78 is 0. The van der Waals surface area contributed by atoms with E-state index in [9.17, 15) is 5.11 Å². The number of hydrogen-bond acceptors (Lipinski definition) is 2. The van der Waals surface area contributed by atoms with Crippen LogP contribution in [0.2, 0.25) is 0 Å². The van der Waals surface area contributed by atoms with E-state index in [4.69, 9.17) is 5.73 Å². The lowest BCUT2D eigenvalue weighted by molar-refractivity contribution is 0.154. The SMILES string of the molecule is CCCCCC/C=C\CC/C=C/C[C@H](O)[C@H](C)N. The smallest absolute Gasteiger partial charge is 0.0722 e. The van der Waals surface area contributed by atoms with Crippen molar-refractivity contribution in [3.8, 4) is 0 Å². The quantitative estimate of drug-likeness (QED) is 0.432. The van der Waals surface area contributed by atoms with Gasteiger partial charge in [-0.05, 0) is 39.0 Å². The fourth-order valence-corrected chi connectivity index (χ4v) is 1.69. The zero-order chi connectivity index (χ0) is 13.6. The lowest BCUT2D eigenvalue weighted by Gasteiger charge is -2.10. The van der Waals surface area contributed by atoms with Crippen molar-refractivity contribution in [1.82, 2.24) is 0 Å². The van der Waals surface area contributed by atoms with Crippen molar-refractivity contribution >= 4 is 0 Å².